The first-order chi connectivity index (χ1) is 25.5. The minimum atomic E-state index is -3.22. The van der Waals surface area contributed by atoms with Gasteiger partial charge in [0.15, 0.2) is 0 Å². The Kier molecular flexibility index (Phi) is 12.7. The third-order valence-electron chi connectivity index (χ3n) is 11.4. The summed E-state index contributed by atoms with van der Waals surface area (Å²) < 4.78 is 28.4. The molecule has 286 valence electrons. The zero-order valence-electron chi connectivity index (χ0n) is 31.6. The fourth-order valence-electron chi connectivity index (χ4n) is 8.79. The van der Waals surface area contributed by atoms with E-state index in [1.54, 1.807) is 22.9 Å². The number of nitrogens with one attached hydrogen (secondary N) is 1. The number of hydrogen-bond donors (Lipinski definition) is 3. The first kappa shape index (κ1) is 39.1. The van der Waals surface area contributed by atoms with Crippen molar-refractivity contribution < 1.29 is 33.4 Å². The van der Waals surface area contributed by atoms with Gasteiger partial charge in [0, 0.05) is 24.4 Å². The lowest BCUT2D eigenvalue weighted by Gasteiger charge is -2.37. The van der Waals surface area contributed by atoms with Crippen molar-refractivity contribution in [2.24, 2.45) is 5.92 Å². The van der Waals surface area contributed by atoms with E-state index in [9.17, 15) is 19.8 Å². The van der Waals surface area contributed by atoms with E-state index in [0.717, 1.165) is 45.8 Å². The summed E-state index contributed by atoms with van der Waals surface area (Å²) in [7, 11) is -3.22. The van der Waals surface area contributed by atoms with Crippen LogP contribution in [0.5, 0.6) is 5.75 Å². The van der Waals surface area contributed by atoms with Crippen molar-refractivity contribution in [1.82, 2.24) is 10.2 Å². The second-order valence-electron chi connectivity index (χ2n) is 15.4. The first-order valence-corrected chi connectivity index (χ1v) is 22.3. The van der Waals surface area contributed by atoms with Crippen molar-refractivity contribution >= 4 is 31.6 Å². The third kappa shape index (κ3) is 8.86. The summed E-state index contributed by atoms with van der Waals surface area (Å²) in [5.74, 6) is 0.576. The van der Waals surface area contributed by atoms with Crippen LogP contribution in [0.1, 0.15) is 61.8 Å². The fourth-order valence-corrected chi connectivity index (χ4v) is 11.3. The molecule has 3 aliphatic heterocycles. The normalized spacial score (nSPS) is 24.2. The first-order valence-electron chi connectivity index (χ1n) is 19.4. The number of unbranched alkanes of at least 4 members (excludes halogenated alkanes) is 1. The molecule has 0 saturated carbocycles. The van der Waals surface area contributed by atoms with Gasteiger partial charge in [-0.25, -0.2) is 0 Å². The zero-order valence-corrected chi connectivity index (χ0v) is 32.6. The molecule has 3 aromatic carbocycles. The van der Waals surface area contributed by atoms with Crippen LogP contribution in [-0.2, 0) is 40.1 Å². The van der Waals surface area contributed by atoms with E-state index in [1.165, 1.54) is 0 Å². The van der Waals surface area contributed by atoms with Crippen molar-refractivity contribution in [2.45, 2.75) is 108 Å². The molecule has 6 rings (SSSR count). The van der Waals surface area contributed by atoms with Crippen LogP contribution >= 0.6 is 0 Å². The van der Waals surface area contributed by atoms with E-state index in [2.05, 4.69) is 24.4 Å². The number of ether oxygens (including phenoxy) is 2. The van der Waals surface area contributed by atoms with Gasteiger partial charge in [0.05, 0.1) is 49.6 Å². The Morgan fingerprint density at radius 2 is 1.79 bits per heavy atom. The number of aliphatic hydroxyl groups is 2. The number of rotatable bonds is 15. The Morgan fingerprint density at radius 3 is 2.53 bits per heavy atom. The van der Waals surface area contributed by atoms with Crippen molar-refractivity contribution in [3.8, 4) is 5.75 Å². The summed E-state index contributed by atoms with van der Waals surface area (Å²) in [6.07, 6.45) is 3.27. The van der Waals surface area contributed by atoms with Crippen molar-refractivity contribution in [3.05, 3.63) is 89.0 Å². The van der Waals surface area contributed by atoms with Crippen LogP contribution in [0.4, 0.5) is 15.5 Å². The monoisotopic (exact) mass is 745 g/mol. The Labute approximate surface area is 314 Å². The molecule has 0 radical (unpaired) electrons. The number of halogens is 1. The second kappa shape index (κ2) is 17.2. The molecule has 53 heavy (non-hydrogen) atoms. The van der Waals surface area contributed by atoms with Crippen LogP contribution in [0.25, 0.3) is 0 Å². The number of benzene rings is 3. The van der Waals surface area contributed by atoms with E-state index in [0.29, 0.717) is 51.8 Å². The van der Waals surface area contributed by atoms with Crippen molar-refractivity contribution in [1.29, 1.82) is 0 Å². The third-order valence-corrected chi connectivity index (χ3v) is 13.8. The standard InChI is InChI=1S/C42H56FN3O6Si/c1-5-51-35-16-17-37-32(23-35)24-36(44-19-8-9-20-47)42(50)46(37)33-14-10-11-29(21-33)15-18-38-28(2)41(53(3,4)43)39(52-38)25-40(49)45-26-31-13-7-6-12-30(31)22-34(45)27-48/h6-7,10-14,16-17,21,23,28,34,36,38-39,41,44,47-48H,5,8-9,15,18-20,22,24-27H2,1-4H3/t28-,34-,36?,38+,39-,41+/m0/s1. The van der Waals surface area contributed by atoms with E-state index >= 15 is 4.11 Å². The molecular weight excluding hydrogens is 690 g/mol. The van der Waals surface area contributed by atoms with Crippen molar-refractivity contribution in [3.63, 3.8) is 0 Å². The van der Waals surface area contributed by atoms with Gasteiger partial charge in [-0.15, -0.1) is 0 Å². The van der Waals surface area contributed by atoms with Gasteiger partial charge in [-0.05, 0) is 124 Å². The molecule has 9 nitrogen and oxygen atoms in total. The predicted molar refractivity (Wildman–Crippen MR) is 208 cm³/mol. The molecule has 2 amide bonds. The summed E-state index contributed by atoms with van der Waals surface area (Å²) in [6, 6.07) is 21.2. The number of fused-ring (bicyclic) bond motifs is 2. The summed E-state index contributed by atoms with van der Waals surface area (Å²) in [5, 5.41) is 22.8. The number of carbonyl (C=O) groups excluding carboxylic acids is 2. The van der Waals surface area contributed by atoms with Gasteiger partial charge in [0.25, 0.3) is 0 Å². The molecular formula is C42H56FN3O6Si. The van der Waals surface area contributed by atoms with E-state index < -0.39 is 20.6 Å². The van der Waals surface area contributed by atoms with Crippen LogP contribution in [0.3, 0.4) is 0 Å². The van der Waals surface area contributed by atoms with Crippen LogP contribution in [-0.4, -0.2) is 86.0 Å². The minimum absolute atomic E-state index is 0.0262. The van der Waals surface area contributed by atoms with Gasteiger partial charge in [-0.1, -0.05) is 43.3 Å². The lowest BCUT2D eigenvalue weighted by Crippen LogP contribution is -2.49. The Morgan fingerprint density at radius 1 is 1.00 bits per heavy atom. The highest BCUT2D eigenvalue weighted by atomic mass is 28.4. The number of carbonyl (C=O) groups is 2. The number of amides is 2. The molecule has 3 N–H and O–H groups in total. The summed E-state index contributed by atoms with van der Waals surface area (Å²) in [5.41, 5.74) is 5.58. The maximum Gasteiger partial charge on any atom is 0.249 e. The van der Waals surface area contributed by atoms with Crippen LogP contribution in [0.15, 0.2) is 66.7 Å². The molecule has 0 bridgehead atoms. The zero-order chi connectivity index (χ0) is 37.7. The van der Waals surface area contributed by atoms with Gasteiger partial charge in [0.1, 0.15) is 5.75 Å². The van der Waals surface area contributed by atoms with Crippen molar-refractivity contribution in [2.75, 3.05) is 31.3 Å². The molecule has 11 heteroatoms. The highest BCUT2D eigenvalue weighted by Gasteiger charge is 2.52. The smallest absolute Gasteiger partial charge is 0.249 e. The fraction of sp³-hybridized carbons (Fsp3) is 0.524. The lowest BCUT2D eigenvalue weighted by atomic mass is 9.92. The second-order valence-corrected chi connectivity index (χ2v) is 19.2. The maximum absolute atomic E-state index is 16.0. The molecule has 0 spiro atoms. The quantitative estimate of drug-likeness (QED) is 0.0959. The van der Waals surface area contributed by atoms with E-state index in [-0.39, 0.29) is 55.1 Å². The number of nitrogens with zero attached hydrogens (tertiary/aromatic N) is 2. The molecule has 1 unspecified atom stereocenters. The average molecular weight is 746 g/mol. The van der Waals surface area contributed by atoms with E-state index in [4.69, 9.17) is 9.47 Å². The molecule has 1 saturated heterocycles. The molecule has 6 atom stereocenters. The maximum atomic E-state index is 16.0. The molecule has 0 aliphatic carbocycles. The molecule has 3 aromatic rings. The van der Waals surface area contributed by atoms with Crippen LogP contribution < -0.4 is 15.0 Å². The van der Waals surface area contributed by atoms with Gasteiger partial charge in [-0.2, -0.15) is 0 Å². The Bertz CT molecular complexity index is 1730. The highest BCUT2D eigenvalue weighted by molar-refractivity contribution is 6.72. The van der Waals surface area contributed by atoms with Gasteiger partial charge in [0.2, 0.25) is 20.2 Å². The average Bonchev–Trinajstić information content (AvgIpc) is 3.46. The summed E-state index contributed by atoms with van der Waals surface area (Å²) >= 11 is 0. The SMILES string of the molecule is CCOc1ccc2c(c1)CC(NCCCCO)C(=O)N2c1cccc(CC[C@H]2O[C@@H](CC(=O)N3Cc4ccccc4C[C@H]3CO)[C@H]([Si](C)(C)F)[C@H]2C)c1. The molecule has 3 heterocycles. The summed E-state index contributed by atoms with van der Waals surface area (Å²) in [6.45, 7) is 9.06. The van der Waals surface area contributed by atoms with Gasteiger partial charge in [-0.3, -0.25) is 14.5 Å². The number of aliphatic hydroxyl groups excluding tert-OH is 2. The van der Waals surface area contributed by atoms with E-state index in [1.807, 2.05) is 61.5 Å². The lowest BCUT2D eigenvalue weighted by molar-refractivity contribution is -0.138. The number of hydrogen-bond acceptors (Lipinski definition) is 7. The van der Waals surface area contributed by atoms with Crippen LogP contribution in [0, 0.1) is 5.92 Å². The number of anilines is 2. The Balaban J connectivity index is 1.17. The van der Waals surface area contributed by atoms with Crippen LogP contribution in [0.2, 0.25) is 18.6 Å². The highest BCUT2D eigenvalue weighted by Crippen LogP contribution is 2.47. The molecule has 3 aliphatic rings. The Hall–Kier alpha value is -3.61. The van der Waals surface area contributed by atoms with Gasteiger partial charge >= 0.3 is 0 Å². The van der Waals surface area contributed by atoms with Gasteiger partial charge < -0.3 is 34.0 Å². The molecule has 0 aromatic heterocycles. The topological polar surface area (TPSA) is 112 Å². The number of aryl methyl sites for hydroxylation is 1. The molecule has 1 fully saturated rings. The summed E-state index contributed by atoms with van der Waals surface area (Å²) in [4.78, 5) is 31.4. The largest absolute Gasteiger partial charge is 0.494 e. The minimum Gasteiger partial charge on any atom is -0.494 e. The predicted octanol–water partition coefficient (Wildman–Crippen LogP) is 6.25.